The van der Waals surface area contributed by atoms with Crippen molar-refractivity contribution in [2.24, 2.45) is 0 Å². The Morgan fingerprint density at radius 3 is 2.75 bits per heavy atom. The normalized spacial score (nSPS) is 12.4. The van der Waals surface area contributed by atoms with E-state index in [1.165, 1.54) is 0 Å². The van der Waals surface area contributed by atoms with Crippen LogP contribution in [0.25, 0.3) is 0 Å². The van der Waals surface area contributed by atoms with Gasteiger partial charge in [0.1, 0.15) is 0 Å². The van der Waals surface area contributed by atoms with Crippen molar-refractivity contribution >= 4 is 0 Å². The van der Waals surface area contributed by atoms with Crippen molar-refractivity contribution in [1.29, 1.82) is 5.26 Å². The second-order valence-corrected chi connectivity index (χ2v) is 2.86. The topological polar surface area (TPSA) is 56.0 Å². The third kappa shape index (κ3) is 6.14. The fourth-order valence-corrected chi connectivity index (χ4v) is 0.976. The second-order valence-electron chi connectivity index (χ2n) is 2.86. The molecule has 0 amide bonds. The van der Waals surface area contributed by atoms with E-state index in [1.54, 1.807) is 0 Å². The van der Waals surface area contributed by atoms with Gasteiger partial charge in [-0.15, -0.1) is 0 Å². The Balaban J connectivity index is 3.35. The number of nitrogens with zero attached hydrogens (tertiary/aromatic N) is 1. The molecule has 0 aliphatic rings. The summed E-state index contributed by atoms with van der Waals surface area (Å²) in [6.45, 7) is 3.04. The summed E-state index contributed by atoms with van der Waals surface area (Å²) in [4.78, 5) is 0. The van der Waals surface area contributed by atoms with Crippen LogP contribution in [0, 0.1) is 11.3 Å². The zero-order chi connectivity index (χ0) is 9.23. The minimum atomic E-state index is -0.0310. The highest BCUT2D eigenvalue weighted by atomic mass is 16.3. The van der Waals surface area contributed by atoms with Gasteiger partial charge in [0.15, 0.2) is 0 Å². The molecule has 0 saturated carbocycles. The molecule has 0 aliphatic heterocycles. The fourth-order valence-electron chi connectivity index (χ4n) is 0.976. The maximum atomic E-state index is 8.68. The molecular formula is C9H18N2O. The Hall–Kier alpha value is -0.590. The second kappa shape index (κ2) is 8.51. The molecule has 70 valence electrons. The quantitative estimate of drug-likeness (QED) is 0.561. The number of rotatable bonds is 7. The standard InChI is InChI=1S/C9H18N2O/c1-2-3-5-9(8-10)11-6-4-7-12/h9,11-12H,2-7H2,1H3. The molecule has 0 aromatic rings. The van der Waals surface area contributed by atoms with Crippen molar-refractivity contribution < 1.29 is 5.11 Å². The monoisotopic (exact) mass is 170 g/mol. The first-order valence-electron chi connectivity index (χ1n) is 4.59. The largest absolute Gasteiger partial charge is 0.396 e. The summed E-state index contributed by atoms with van der Waals surface area (Å²) >= 11 is 0. The number of hydrogen-bond acceptors (Lipinski definition) is 3. The SMILES string of the molecule is CCCCC(C#N)NCCCO. The molecule has 0 fully saturated rings. The van der Waals surface area contributed by atoms with Crippen molar-refractivity contribution in [2.45, 2.75) is 38.6 Å². The number of aliphatic hydroxyl groups is 1. The van der Waals surface area contributed by atoms with Crippen LogP contribution in [0.15, 0.2) is 0 Å². The van der Waals surface area contributed by atoms with Crippen molar-refractivity contribution in [3.8, 4) is 6.07 Å². The molecule has 0 bridgehead atoms. The Kier molecular flexibility index (Phi) is 8.09. The molecule has 1 atom stereocenters. The van der Waals surface area contributed by atoms with Gasteiger partial charge in [-0.3, -0.25) is 0 Å². The summed E-state index contributed by atoms with van der Waals surface area (Å²) in [6, 6.07) is 2.17. The summed E-state index contributed by atoms with van der Waals surface area (Å²) in [6.07, 6.45) is 3.85. The molecule has 12 heavy (non-hydrogen) atoms. The van der Waals surface area contributed by atoms with Crippen LogP contribution in [0.5, 0.6) is 0 Å². The Morgan fingerprint density at radius 1 is 1.50 bits per heavy atom. The van der Waals surface area contributed by atoms with Crippen LogP contribution >= 0.6 is 0 Å². The smallest absolute Gasteiger partial charge is 0.0953 e. The first-order valence-corrected chi connectivity index (χ1v) is 4.59. The highest BCUT2D eigenvalue weighted by Crippen LogP contribution is 1.98. The number of aliphatic hydroxyl groups excluding tert-OH is 1. The van der Waals surface area contributed by atoms with E-state index < -0.39 is 0 Å². The number of hydrogen-bond donors (Lipinski definition) is 2. The predicted octanol–water partition coefficient (Wildman–Crippen LogP) is 1.04. The van der Waals surface area contributed by atoms with Crippen LogP contribution in [0.1, 0.15) is 32.6 Å². The van der Waals surface area contributed by atoms with Crippen LogP contribution in [-0.2, 0) is 0 Å². The van der Waals surface area contributed by atoms with Gasteiger partial charge in [0.25, 0.3) is 0 Å². The zero-order valence-corrected chi connectivity index (χ0v) is 7.71. The average Bonchev–Trinajstić information content (AvgIpc) is 2.11. The van der Waals surface area contributed by atoms with Gasteiger partial charge in [0.2, 0.25) is 0 Å². The molecule has 2 N–H and O–H groups in total. The Labute approximate surface area is 74.4 Å². The van der Waals surface area contributed by atoms with E-state index in [0.29, 0.717) is 0 Å². The van der Waals surface area contributed by atoms with Crippen molar-refractivity contribution in [3.05, 3.63) is 0 Å². The summed E-state index contributed by atoms with van der Waals surface area (Å²) in [5, 5.41) is 20.3. The van der Waals surface area contributed by atoms with Crippen LogP contribution < -0.4 is 5.32 Å². The van der Waals surface area contributed by atoms with Crippen LogP contribution in [0.4, 0.5) is 0 Å². The van der Waals surface area contributed by atoms with Gasteiger partial charge < -0.3 is 10.4 Å². The van der Waals surface area contributed by atoms with Crippen LogP contribution in [-0.4, -0.2) is 24.3 Å². The molecule has 3 heteroatoms. The number of nitriles is 1. The molecule has 3 nitrogen and oxygen atoms in total. The fraction of sp³-hybridized carbons (Fsp3) is 0.889. The third-order valence-electron chi connectivity index (χ3n) is 1.73. The van der Waals surface area contributed by atoms with E-state index >= 15 is 0 Å². The summed E-state index contributed by atoms with van der Waals surface area (Å²) in [5.74, 6) is 0. The van der Waals surface area contributed by atoms with Gasteiger partial charge in [-0.2, -0.15) is 5.26 Å². The van der Waals surface area contributed by atoms with Gasteiger partial charge in [-0.1, -0.05) is 19.8 Å². The van der Waals surface area contributed by atoms with E-state index in [9.17, 15) is 0 Å². The highest BCUT2D eigenvalue weighted by Gasteiger charge is 2.03. The van der Waals surface area contributed by atoms with E-state index in [1.807, 2.05) is 0 Å². The van der Waals surface area contributed by atoms with Gasteiger partial charge >= 0.3 is 0 Å². The summed E-state index contributed by atoms with van der Waals surface area (Å²) in [7, 11) is 0. The molecule has 0 saturated heterocycles. The van der Waals surface area contributed by atoms with Crippen molar-refractivity contribution in [3.63, 3.8) is 0 Å². The molecule has 0 rings (SSSR count). The lowest BCUT2D eigenvalue weighted by Gasteiger charge is -2.09. The number of unbranched alkanes of at least 4 members (excludes halogenated alkanes) is 1. The first kappa shape index (κ1) is 11.4. The molecule has 0 aliphatic carbocycles. The van der Waals surface area contributed by atoms with E-state index in [4.69, 9.17) is 10.4 Å². The van der Waals surface area contributed by atoms with Crippen molar-refractivity contribution in [2.75, 3.05) is 13.2 Å². The molecule has 0 spiro atoms. The molecule has 1 unspecified atom stereocenters. The summed E-state index contributed by atoms with van der Waals surface area (Å²) < 4.78 is 0. The van der Waals surface area contributed by atoms with Gasteiger partial charge in [0.05, 0.1) is 12.1 Å². The van der Waals surface area contributed by atoms with Crippen LogP contribution in [0.3, 0.4) is 0 Å². The third-order valence-corrected chi connectivity index (χ3v) is 1.73. The first-order chi connectivity index (χ1) is 5.85. The average molecular weight is 170 g/mol. The van der Waals surface area contributed by atoms with Gasteiger partial charge in [0, 0.05) is 6.61 Å². The molecule has 0 heterocycles. The highest BCUT2D eigenvalue weighted by molar-refractivity contribution is 4.88. The summed E-state index contributed by atoms with van der Waals surface area (Å²) in [5.41, 5.74) is 0. The molecule has 0 radical (unpaired) electrons. The lowest BCUT2D eigenvalue weighted by Crippen LogP contribution is -2.28. The maximum absolute atomic E-state index is 8.68. The maximum Gasteiger partial charge on any atom is 0.0953 e. The zero-order valence-electron chi connectivity index (χ0n) is 7.71. The Morgan fingerprint density at radius 2 is 2.25 bits per heavy atom. The van der Waals surface area contributed by atoms with E-state index in [0.717, 1.165) is 32.2 Å². The minimum Gasteiger partial charge on any atom is -0.396 e. The lowest BCUT2D eigenvalue weighted by atomic mass is 10.1. The Bertz CT molecular complexity index is 131. The van der Waals surface area contributed by atoms with Gasteiger partial charge in [-0.05, 0) is 19.4 Å². The molecule has 0 aromatic carbocycles. The van der Waals surface area contributed by atoms with E-state index in [2.05, 4.69) is 18.3 Å². The van der Waals surface area contributed by atoms with Gasteiger partial charge in [-0.25, -0.2) is 0 Å². The predicted molar refractivity (Wildman–Crippen MR) is 48.6 cm³/mol. The minimum absolute atomic E-state index is 0.0310. The van der Waals surface area contributed by atoms with E-state index in [-0.39, 0.29) is 12.6 Å². The molecule has 0 aromatic heterocycles. The molecular weight excluding hydrogens is 152 g/mol. The lowest BCUT2D eigenvalue weighted by molar-refractivity contribution is 0.284. The van der Waals surface area contributed by atoms with Crippen molar-refractivity contribution in [1.82, 2.24) is 5.32 Å². The number of nitrogens with one attached hydrogen (secondary N) is 1. The van der Waals surface area contributed by atoms with Crippen LogP contribution in [0.2, 0.25) is 0 Å².